The molecule has 4 aromatic rings. The molecule has 0 aliphatic heterocycles. The van der Waals surface area contributed by atoms with Gasteiger partial charge < -0.3 is 4.90 Å². The Morgan fingerprint density at radius 3 is 1.73 bits per heavy atom. The van der Waals surface area contributed by atoms with Crippen molar-refractivity contribution >= 4 is 17.1 Å². The van der Waals surface area contributed by atoms with Gasteiger partial charge in [0, 0.05) is 28.0 Å². The van der Waals surface area contributed by atoms with Crippen LogP contribution in [0.3, 0.4) is 0 Å². The van der Waals surface area contributed by atoms with Crippen LogP contribution in [0.5, 0.6) is 0 Å². The van der Waals surface area contributed by atoms with Crippen LogP contribution in [0.2, 0.25) is 0 Å². The summed E-state index contributed by atoms with van der Waals surface area (Å²) in [6.45, 7) is 6.54. The van der Waals surface area contributed by atoms with Crippen LogP contribution < -0.4 is 4.90 Å². The van der Waals surface area contributed by atoms with Gasteiger partial charge in [-0.15, -0.1) is 5.92 Å². The van der Waals surface area contributed by atoms with Gasteiger partial charge in [0.15, 0.2) is 0 Å². The fraction of sp³-hybridized carbons (Fsp3) is 0.188. The average molecular weight is 428 g/mol. The Kier molecular flexibility index (Phi) is 5.53. The summed E-state index contributed by atoms with van der Waals surface area (Å²) in [4.78, 5) is 2.35. The summed E-state index contributed by atoms with van der Waals surface area (Å²) in [5, 5.41) is 0. The van der Waals surface area contributed by atoms with E-state index in [-0.39, 0.29) is 5.41 Å². The molecule has 0 radical (unpaired) electrons. The summed E-state index contributed by atoms with van der Waals surface area (Å²) in [5.74, 6) is 6.33. The standard InChI is InChI=1S/C32H29N/c1-4-13-24-18-20-28-29-21-19-27(23-31(29)32(5-2,6-3)30(28)22-24)33(25-14-9-7-10-15-25)26-16-11-8-12-17-26/h7-12,14-23H,5-6H2,1-3H3. The minimum Gasteiger partial charge on any atom is -0.310 e. The first-order chi connectivity index (χ1) is 16.2. The number of anilines is 3. The van der Waals surface area contributed by atoms with Gasteiger partial charge in [0.25, 0.3) is 0 Å². The molecule has 1 aliphatic rings. The maximum atomic E-state index is 3.26. The van der Waals surface area contributed by atoms with Crippen LogP contribution in [-0.2, 0) is 5.41 Å². The van der Waals surface area contributed by atoms with Gasteiger partial charge >= 0.3 is 0 Å². The van der Waals surface area contributed by atoms with Gasteiger partial charge in [0.1, 0.15) is 0 Å². The van der Waals surface area contributed by atoms with Gasteiger partial charge in [-0.3, -0.25) is 0 Å². The van der Waals surface area contributed by atoms with Crippen LogP contribution in [0.1, 0.15) is 50.3 Å². The first-order valence-electron chi connectivity index (χ1n) is 11.8. The number of hydrogen-bond acceptors (Lipinski definition) is 1. The van der Waals surface area contributed by atoms with E-state index in [0.717, 1.165) is 18.4 Å². The van der Waals surface area contributed by atoms with Crippen LogP contribution in [0.4, 0.5) is 17.1 Å². The monoisotopic (exact) mass is 427 g/mol. The highest BCUT2D eigenvalue weighted by atomic mass is 15.1. The van der Waals surface area contributed by atoms with E-state index < -0.39 is 0 Å². The number of nitrogens with zero attached hydrogens (tertiary/aromatic N) is 1. The second kappa shape index (κ2) is 8.64. The Hall–Kier alpha value is -3.76. The lowest BCUT2D eigenvalue weighted by atomic mass is 9.73. The van der Waals surface area contributed by atoms with Crippen molar-refractivity contribution in [3.05, 3.63) is 114 Å². The highest BCUT2D eigenvalue weighted by Gasteiger charge is 2.41. The molecule has 0 heterocycles. The molecule has 1 aliphatic carbocycles. The predicted octanol–water partition coefficient (Wildman–Crippen LogP) is 8.61. The van der Waals surface area contributed by atoms with Crippen LogP contribution in [0, 0.1) is 11.8 Å². The highest BCUT2D eigenvalue weighted by Crippen LogP contribution is 2.54. The number of fused-ring (bicyclic) bond motifs is 3. The number of rotatable bonds is 5. The molecule has 0 saturated heterocycles. The Morgan fingerprint density at radius 1 is 0.636 bits per heavy atom. The first-order valence-corrected chi connectivity index (χ1v) is 11.8. The molecule has 4 aromatic carbocycles. The molecule has 5 rings (SSSR count). The third-order valence-electron chi connectivity index (χ3n) is 7.11. The lowest BCUT2D eigenvalue weighted by Crippen LogP contribution is -2.23. The number of para-hydroxylation sites is 2. The summed E-state index contributed by atoms with van der Waals surface area (Å²) in [6, 6.07) is 35.0. The third kappa shape index (κ3) is 3.43. The molecule has 0 bridgehead atoms. The summed E-state index contributed by atoms with van der Waals surface area (Å²) in [5.41, 5.74) is 10.2. The summed E-state index contributed by atoms with van der Waals surface area (Å²) in [7, 11) is 0. The summed E-state index contributed by atoms with van der Waals surface area (Å²) < 4.78 is 0. The fourth-order valence-corrected chi connectivity index (χ4v) is 5.46. The van der Waals surface area contributed by atoms with E-state index in [1.165, 1.54) is 39.3 Å². The van der Waals surface area contributed by atoms with Crippen molar-refractivity contribution in [2.24, 2.45) is 0 Å². The van der Waals surface area contributed by atoms with Gasteiger partial charge in [0.05, 0.1) is 0 Å². The zero-order valence-electron chi connectivity index (χ0n) is 19.6. The highest BCUT2D eigenvalue weighted by molar-refractivity contribution is 5.86. The van der Waals surface area contributed by atoms with Gasteiger partial charge in [-0.1, -0.05) is 68.3 Å². The van der Waals surface area contributed by atoms with E-state index in [2.05, 4.69) is 128 Å². The maximum absolute atomic E-state index is 3.26. The molecule has 162 valence electrons. The topological polar surface area (TPSA) is 3.24 Å². The molecule has 0 fully saturated rings. The van der Waals surface area contributed by atoms with E-state index in [1.54, 1.807) is 0 Å². The molecule has 0 spiro atoms. The average Bonchev–Trinajstić information content (AvgIpc) is 3.14. The molecule has 33 heavy (non-hydrogen) atoms. The Labute approximate surface area is 197 Å². The van der Waals surface area contributed by atoms with Crippen LogP contribution in [0.15, 0.2) is 97.1 Å². The fourth-order valence-electron chi connectivity index (χ4n) is 5.46. The molecule has 1 nitrogen and oxygen atoms in total. The predicted molar refractivity (Wildman–Crippen MR) is 140 cm³/mol. The van der Waals surface area contributed by atoms with E-state index in [4.69, 9.17) is 0 Å². The van der Waals surface area contributed by atoms with Gasteiger partial charge in [-0.25, -0.2) is 0 Å². The first kappa shape index (κ1) is 21.1. The van der Waals surface area contributed by atoms with Gasteiger partial charge in [-0.05, 0) is 90.6 Å². The SMILES string of the molecule is CC#Cc1ccc2c(c1)C(CC)(CC)c1cc(N(c3ccccc3)c3ccccc3)ccc1-2. The lowest BCUT2D eigenvalue weighted by Gasteiger charge is -2.31. The van der Waals surface area contributed by atoms with Gasteiger partial charge in [-0.2, -0.15) is 0 Å². The molecular weight excluding hydrogens is 398 g/mol. The van der Waals surface area contributed by atoms with Crippen molar-refractivity contribution in [1.29, 1.82) is 0 Å². The number of hydrogen-bond donors (Lipinski definition) is 0. The summed E-state index contributed by atoms with van der Waals surface area (Å²) >= 11 is 0. The van der Waals surface area contributed by atoms with Crippen molar-refractivity contribution in [3.63, 3.8) is 0 Å². The molecular formula is C32H29N. The minimum atomic E-state index is 0.00511. The molecule has 0 N–H and O–H groups in total. The molecule has 0 atom stereocenters. The second-order valence-electron chi connectivity index (χ2n) is 8.66. The third-order valence-corrected chi connectivity index (χ3v) is 7.11. The molecule has 0 saturated carbocycles. The van der Waals surface area contributed by atoms with Crippen molar-refractivity contribution in [2.75, 3.05) is 4.90 Å². The van der Waals surface area contributed by atoms with E-state index >= 15 is 0 Å². The van der Waals surface area contributed by atoms with Crippen molar-refractivity contribution in [3.8, 4) is 23.0 Å². The second-order valence-corrected chi connectivity index (χ2v) is 8.66. The van der Waals surface area contributed by atoms with Crippen molar-refractivity contribution < 1.29 is 0 Å². The van der Waals surface area contributed by atoms with Crippen LogP contribution in [0.25, 0.3) is 11.1 Å². The van der Waals surface area contributed by atoms with Crippen LogP contribution in [-0.4, -0.2) is 0 Å². The van der Waals surface area contributed by atoms with Crippen molar-refractivity contribution in [2.45, 2.75) is 39.0 Å². The minimum absolute atomic E-state index is 0.00511. The normalized spacial score (nSPS) is 12.9. The quantitative estimate of drug-likeness (QED) is 0.288. The summed E-state index contributed by atoms with van der Waals surface area (Å²) in [6.07, 6.45) is 2.12. The Morgan fingerprint density at radius 2 is 1.18 bits per heavy atom. The van der Waals surface area contributed by atoms with Crippen LogP contribution >= 0.6 is 0 Å². The molecule has 1 heteroatoms. The van der Waals surface area contributed by atoms with E-state index in [9.17, 15) is 0 Å². The van der Waals surface area contributed by atoms with E-state index in [0.29, 0.717) is 0 Å². The Bertz CT molecular complexity index is 1300. The molecule has 0 unspecified atom stereocenters. The Balaban J connectivity index is 1.72. The largest absolute Gasteiger partial charge is 0.310 e. The zero-order valence-corrected chi connectivity index (χ0v) is 19.6. The maximum Gasteiger partial charge on any atom is 0.0465 e. The van der Waals surface area contributed by atoms with Gasteiger partial charge in [0.2, 0.25) is 0 Å². The van der Waals surface area contributed by atoms with Crippen molar-refractivity contribution in [1.82, 2.24) is 0 Å². The molecule has 0 aromatic heterocycles. The number of benzene rings is 4. The van der Waals surface area contributed by atoms with E-state index in [1.807, 2.05) is 6.92 Å². The smallest absolute Gasteiger partial charge is 0.0465 e. The lowest BCUT2D eigenvalue weighted by molar-refractivity contribution is 0.490. The zero-order chi connectivity index (χ0) is 22.8. The molecule has 0 amide bonds.